The van der Waals surface area contributed by atoms with Crippen LogP contribution in [0, 0.1) is 0 Å². The fourth-order valence-electron chi connectivity index (χ4n) is 3.01. The Morgan fingerprint density at radius 1 is 1.28 bits per heavy atom. The molecule has 1 amide bonds. The molecule has 0 spiro atoms. The van der Waals surface area contributed by atoms with Gasteiger partial charge in [0.2, 0.25) is 10.0 Å². The van der Waals surface area contributed by atoms with Gasteiger partial charge in [-0.15, -0.1) is 0 Å². The molecule has 9 heteroatoms. The lowest BCUT2D eigenvalue weighted by Crippen LogP contribution is -3.19. The molecule has 1 aromatic rings. The number of nitrogens with one attached hydrogen (secondary N) is 2. The minimum absolute atomic E-state index is 0.0321. The minimum atomic E-state index is -3.69. The number of hydrogen-bond donors (Lipinski definition) is 2. The van der Waals surface area contributed by atoms with E-state index in [1.165, 1.54) is 10.4 Å². The van der Waals surface area contributed by atoms with E-state index < -0.39 is 10.0 Å². The van der Waals surface area contributed by atoms with Crippen LogP contribution in [0.1, 0.15) is 19.8 Å². The number of carbonyl (C=O) groups is 1. The van der Waals surface area contributed by atoms with Crippen molar-refractivity contribution in [2.24, 2.45) is 0 Å². The summed E-state index contributed by atoms with van der Waals surface area (Å²) in [7, 11) is -3.69. The summed E-state index contributed by atoms with van der Waals surface area (Å²) < 4.78 is 27.1. The molecule has 1 aliphatic heterocycles. The van der Waals surface area contributed by atoms with Crippen LogP contribution >= 0.6 is 23.2 Å². The van der Waals surface area contributed by atoms with Crippen molar-refractivity contribution in [3.8, 4) is 0 Å². The normalized spacial score (nSPS) is 21.1. The third-order valence-corrected chi connectivity index (χ3v) is 7.70. The fourth-order valence-corrected chi connectivity index (χ4v) is 5.19. The molecule has 3 rings (SSSR count). The van der Waals surface area contributed by atoms with Crippen LogP contribution in [0.25, 0.3) is 0 Å². The number of halogens is 2. The number of sulfonamides is 1. The van der Waals surface area contributed by atoms with Crippen molar-refractivity contribution in [1.82, 2.24) is 9.62 Å². The number of quaternary nitrogens is 1. The van der Waals surface area contributed by atoms with Crippen molar-refractivity contribution in [2.75, 3.05) is 26.2 Å². The largest absolute Gasteiger partial charge is 0.348 e. The molecule has 25 heavy (non-hydrogen) atoms. The highest BCUT2D eigenvalue weighted by Gasteiger charge is 2.36. The maximum absolute atomic E-state index is 12.8. The first-order valence-electron chi connectivity index (χ1n) is 8.40. The van der Waals surface area contributed by atoms with E-state index in [0.717, 1.165) is 17.7 Å². The van der Waals surface area contributed by atoms with Crippen LogP contribution in [0.2, 0.25) is 10.0 Å². The van der Waals surface area contributed by atoms with Crippen molar-refractivity contribution in [2.45, 2.75) is 36.7 Å². The second-order valence-electron chi connectivity index (χ2n) is 6.62. The van der Waals surface area contributed by atoms with Crippen LogP contribution in [0.3, 0.4) is 0 Å². The Morgan fingerprint density at radius 3 is 2.52 bits per heavy atom. The first kappa shape index (κ1) is 18.9. The second kappa shape index (κ2) is 7.40. The third-order valence-electron chi connectivity index (χ3n) is 4.83. The Bertz CT molecular complexity index is 760. The lowest BCUT2D eigenvalue weighted by atomic mass is 10.2. The predicted octanol–water partition coefficient (Wildman–Crippen LogP) is 0.550. The average Bonchev–Trinajstić information content (AvgIpc) is 3.40. The molecule has 0 unspecified atom stereocenters. The van der Waals surface area contributed by atoms with Crippen LogP contribution in [0.15, 0.2) is 23.1 Å². The summed E-state index contributed by atoms with van der Waals surface area (Å²) in [6.07, 6.45) is 2.11. The quantitative estimate of drug-likeness (QED) is 0.749. The summed E-state index contributed by atoms with van der Waals surface area (Å²) in [6.45, 7) is 3.75. The number of carbonyl (C=O) groups excluding carboxylic acids is 1. The van der Waals surface area contributed by atoms with Gasteiger partial charge in [-0.1, -0.05) is 29.3 Å². The van der Waals surface area contributed by atoms with Crippen LogP contribution in [-0.2, 0) is 14.8 Å². The highest BCUT2D eigenvalue weighted by Crippen LogP contribution is 2.30. The zero-order chi connectivity index (χ0) is 18.2. The molecule has 2 aliphatic rings. The summed E-state index contributed by atoms with van der Waals surface area (Å²) in [5.74, 6) is 0.0479. The van der Waals surface area contributed by atoms with Gasteiger partial charge in [-0.05, 0) is 31.9 Å². The Balaban J connectivity index is 1.65. The molecule has 0 radical (unpaired) electrons. The zero-order valence-corrected chi connectivity index (χ0v) is 16.3. The molecular formula is C16H22Cl2N3O3S+. The van der Waals surface area contributed by atoms with Crippen molar-refractivity contribution in [3.05, 3.63) is 28.2 Å². The van der Waals surface area contributed by atoms with E-state index in [1.807, 2.05) is 6.92 Å². The Hall–Kier alpha value is -0.860. The number of piperazine rings is 1. The molecule has 6 nitrogen and oxygen atoms in total. The SMILES string of the molecule is C[C@H](C(=O)NC1CC1)[NH+]1CCN(S(=O)(=O)c2cccc(Cl)c2Cl)CC1. The van der Waals surface area contributed by atoms with E-state index in [0.29, 0.717) is 32.2 Å². The van der Waals surface area contributed by atoms with Gasteiger partial charge < -0.3 is 10.2 Å². The smallest absolute Gasteiger partial charge is 0.278 e. The molecule has 138 valence electrons. The van der Waals surface area contributed by atoms with Gasteiger partial charge in [0.05, 0.1) is 36.2 Å². The molecular weight excluding hydrogens is 385 g/mol. The summed E-state index contributed by atoms with van der Waals surface area (Å²) in [5.41, 5.74) is 0. The lowest BCUT2D eigenvalue weighted by molar-refractivity contribution is -0.917. The summed E-state index contributed by atoms with van der Waals surface area (Å²) in [6, 6.07) is 4.76. The third kappa shape index (κ3) is 4.11. The molecule has 1 atom stereocenters. The predicted molar refractivity (Wildman–Crippen MR) is 96.5 cm³/mol. The summed E-state index contributed by atoms with van der Waals surface area (Å²) >= 11 is 12.0. The van der Waals surface area contributed by atoms with E-state index in [1.54, 1.807) is 12.1 Å². The lowest BCUT2D eigenvalue weighted by Gasteiger charge is -2.34. The van der Waals surface area contributed by atoms with Crippen LogP contribution in [-0.4, -0.2) is 56.9 Å². The number of amides is 1. The molecule has 0 bridgehead atoms. The van der Waals surface area contributed by atoms with Gasteiger partial charge in [-0.25, -0.2) is 8.42 Å². The van der Waals surface area contributed by atoms with Crippen molar-refractivity contribution < 1.29 is 18.1 Å². The molecule has 2 fully saturated rings. The van der Waals surface area contributed by atoms with E-state index >= 15 is 0 Å². The van der Waals surface area contributed by atoms with Crippen molar-refractivity contribution in [3.63, 3.8) is 0 Å². The van der Waals surface area contributed by atoms with Gasteiger partial charge in [-0.3, -0.25) is 4.79 Å². The zero-order valence-electron chi connectivity index (χ0n) is 14.0. The van der Waals surface area contributed by atoms with E-state index in [-0.39, 0.29) is 26.9 Å². The van der Waals surface area contributed by atoms with Gasteiger partial charge in [-0.2, -0.15) is 4.31 Å². The second-order valence-corrected chi connectivity index (χ2v) is 9.31. The number of nitrogens with zero attached hydrogens (tertiary/aromatic N) is 1. The molecule has 0 aromatic heterocycles. The van der Waals surface area contributed by atoms with Gasteiger partial charge in [0.1, 0.15) is 4.90 Å². The van der Waals surface area contributed by atoms with Crippen molar-refractivity contribution in [1.29, 1.82) is 0 Å². The molecule has 1 aliphatic carbocycles. The number of rotatable bonds is 5. The molecule has 2 N–H and O–H groups in total. The maximum Gasteiger partial charge on any atom is 0.278 e. The van der Waals surface area contributed by atoms with E-state index in [4.69, 9.17) is 23.2 Å². The number of benzene rings is 1. The van der Waals surface area contributed by atoms with Gasteiger partial charge in [0, 0.05) is 6.04 Å². The molecule has 1 heterocycles. The first-order chi connectivity index (χ1) is 11.8. The first-order valence-corrected chi connectivity index (χ1v) is 10.6. The van der Waals surface area contributed by atoms with E-state index in [9.17, 15) is 13.2 Å². The van der Waals surface area contributed by atoms with Gasteiger partial charge in [0.25, 0.3) is 5.91 Å². The summed E-state index contributed by atoms with van der Waals surface area (Å²) in [5, 5.41) is 3.28. The highest BCUT2D eigenvalue weighted by atomic mass is 35.5. The Kier molecular flexibility index (Phi) is 5.60. The van der Waals surface area contributed by atoms with Crippen LogP contribution in [0.4, 0.5) is 0 Å². The monoisotopic (exact) mass is 406 g/mol. The Labute approximate surface area is 158 Å². The summed E-state index contributed by atoms with van der Waals surface area (Å²) in [4.78, 5) is 13.3. The standard InChI is InChI=1S/C16H21Cl2N3O3S/c1-11(16(22)19-12-5-6-12)20-7-9-21(10-8-20)25(23,24)14-4-2-3-13(17)15(14)18/h2-4,11-12H,5-10H2,1H3,(H,19,22)/p+1/t11-/m1/s1. The van der Waals surface area contributed by atoms with Crippen LogP contribution in [0.5, 0.6) is 0 Å². The fraction of sp³-hybridized carbons (Fsp3) is 0.562. The molecule has 1 saturated heterocycles. The molecule has 1 saturated carbocycles. The highest BCUT2D eigenvalue weighted by molar-refractivity contribution is 7.89. The van der Waals surface area contributed by atoms with Crippen LogP contribution < -0.4 is 10.2 Å². The topological polar surface area (TPSA) is 70.9 Å². The van der Waals surface area contributed by atoms with Gasteiger partial charge in [0.15, 0.2) is 6.04 Å². The number of hydrogen-bond acceptors (Lipinski definition) is 3. The minimum Gasteiger partial charge on any atom is -0.348 e. The maximum atomic E-state index is 12.8. The molecule has 1 aromatic carbocycles. The van der Waals surface area contributed by atoms with Gasteiger partial charge >= 0.3 is 0 Å². The average molecular weight is 407 g/mol. The van der Waals surface area contributed by atoms with Crippen molar-refractivity contribution >= 4 is 39.1 Å². The van der Waals surface area contributed by atoms with E-state index in [2.05, 4.69) is 5.32 Å². The Morgan fingerprint density at radius 2 is 1.92 bits per heavy atom.